The molecule has 6 heteroatoms. The van der Waals surface area contributed by atoms with Gasteiger partial charge in [-0.3, -0.25) is 9.98 Å². The van der Waals surface area contributed by atoms with Crippen LogP contribution >= 0.6 is 11.8 Å². The van der Waals surface area contributed by atoms with Crippen LogP contribution in [0.15, 0.2) is 32.7 Å². The van der Waals surface area contributed by atoms with Crippen molar-refractivity contribution in [2.45, 2.75) is 30.6 Å². The van der Waals surface area contributed by atoms with Crippen LogP contribution < -0.4 is 0 Å². The van der Waals surface area contributed by atoms with Gasteiger partial charge in [0.1, 0.15) is 17.1 Å². The van der Waals surface area contributed by atoms with Crippen molar-refractivity contribution in [1.29, 1.82) is 0 Å². The third-order valence-electron chi connectivity index (χ3n) is 4.23. The summed E-state index contributed by atoms with van der Waals surface area (Å²) < 4.78 is 5.47. The number of aliphatic imine (C=N–C) groups is 1. The van der Waals surface area contributed by atoms with Crippen LogP contribution in [0.25, 0.3) is 11.3 Å². The number of pyridine rings is 1. The molecule has 0 radical (unpaired) electrons. The molecule has 120 valence electrons. The van der Waals surface area contributed by atoms with Crippen LogP contribution in [-0.2, 0) is 0 Å². The molecule has 0 bridgehead atoms. The number of rotatable bonds is 5. The lowest BCUT2D eigenvalue weighted by atomic mass is 10.1. The summed E-state index contributed by atoms with van der Waals surface area (Å²) in [5, 5.41) is 4.23. The standard InChI is InChI=1S/C17H20N4OS/c1-3-23-15-8-12(13-9-14(22-20-13)11-4-5-11)10-19-16(15)17-18-6-7-21(17)2/h8-11H,3-7H2,1-2H3. The van der Waals surface area contributed by atoms with Crippen molar-refractivity contribution >= 4 is 17.6 Å². The highest BCUT2D eigenvalue weighted by Gasteiger charge is 2.28. The van der Waals surface area contributed by atoms with Crippen molar-refractivity contribution in [2.24, 2.45) is 4.99 Å². The number of amidine groups is 1. The summed E-state index contributed by atoms with van der Waals surface area (Å²) in [5.41, 5.74) is 2.87. The molecule has 3 heterocycles. The lowest BCUT2D eigenvalue weighted by Crippen LogP contribution is -2.25. The Labute approximate surface area is 140 Å². The van der Waals surface area contributed by atoms with Gasteiger partial charge in [0.25, 0.3) is 0 Å². The minimum Gasteiger partial charge on any atom is -0.360 e. The van der Waals surface area contributed by atoms with Gasteiger partial charge in [0.2, 0.25) is 0 Å². The van der Waals surface area contributed by atoms with Crippen molar-refractivity contribution in [3.05, 3.63) is 29.8 Å². The van der Waals surface area contributed by atoms with Gasteiger partial charge in [0.05, 0.1) is 6.54 Å². The third kappa shape index (κ3) is 2.87. The zero-order valence-electron chi connectivity index (χ0n) is 13.5. The second-order valence-corrected chi connectivity index (χ2v) is 7.33. The topological polar surface area (TPSA) is 54.5 Å². The number of likely N-dealkylation sites (N-methyl/N-ethyl adjacent to an activating group) is 1. The monoisotopic (exact) mass is 328 g/mol. The first kappa shape index (κ1) is 14.8. The minimum absolute atomic E-state index is 0.578. The Bertz CT molecular complexity index is 751. The van der Waals surface area contributed by atoms with Gasteiger partial charge < -0.3 is 9.42 Å². The van der Waals surface area contributed by atoms with Crippen LogP contribution in [0.2, 0.25) is 0 Å². The molecule has 2 aromatic heterocycles. The molecule has 0 N–H and O–H groups in total. The summed E-state index contributed by atoms with van der Waals surface area (Å²) in [5.74, 6) is 3.58. The SMILES string of the molecule is CCSc1cc(-c2cc(C3CC3)on2)cnc1C1=NCCN1C. The first-order valence-corrected chi connectivity index (χ1v) is 9.10. The number of hydrogen-bond acceptors (Lipinski definition) is 6. The number of thioether (sulfide) groups is 1. The van der Waals surface area contributed by atoms with Crippen LogP contribution in [0.4, 0.5) is 0 Å². The Morgan fingerprint density at radius 3 is 2.91 bits per heavy atom. The molecule has 4 rings (SSSR count). The maximum absolute atomic E-state index is 5.47. The van der Waals surface area contributed by atoms with Crippen molar-refractivity contribution in [3.8, 4) is 11.3 Å². The third-order valence-corrected chi connectivity index (χ3v) is 5.14. The summed E-state index contributed by atoms with van der Waals surface area (Å²) in [6.45, 7) is 3.96. The normalized spacial score (nSPS) is 17.7. The molecule has 0 saturated heterocycles. The maximum Gasteiger partial charge on any atom is 0.150 e. The fraction of sp³-hybridized carbons (Fsp3) is 0.471. The highest BCUT2D eigenvalue weighted by atomic mass is 32.2. The zero-order chi connectivity index (χ0) is 15.8. The molecule has 1 aliphatic carbocycles. The lowest BCUT2D eigenvalue weighted by Gasteiger charge is -2.16. The molecule has 0 amide bonds. The number of hydrogen-bond donors (Lipinski definition) is 0. The Hall–Kier alpha value is -1.82. The van der Waals surface area contributed by atoms with Crippen molar-refractivity contribution in [3.63, 3.8) is 0 Å². The Morgan fingerprint density at radius 1 is 1.35 bits per heavy atom. The number of nitrogens with zero attached hydrogens (tertiary/aromatic N) is 4. The predicted octanol–water partition coefficient (Wildman–Crippen LogP) is 3.42. The van der Waals surface area contributed by atoms with E-state index in [0.717, 1.165) is 52.3 Å². The van der Waals surface area contributed by atoms with Gasteiger partial charge in [0, 0.05) is 42.2 Å². The molecular weight excluding hydrogens is 308 g/mol. The molecule has 1 saturated carbocycles. The van der Waals surface area contributed by atoms with Crippen LogP contribution in [0.1, 0.15) is 37.1 Å². The Kier molecular flexibility index (Phi) is 3.85. The molecule has 0 aromatic carbocycles. The van der Waals surface area contributed by atoms with E-state index >= 15 is 0 Å². The molecule has 0 spiro atoms. The highest BCUT2D eigenvalue weighted by Crippen LogP contribution is 2.41. The molecule has 1 fully saturated rings. The average molecular weight is 328 g/mol. The first-order chi connectivity index (χ1) is 11.3. The van der Waals surface area contributed by atoms with Gasteiger partial charge >= 0.3 is 0 Å². The van der Waals surface area contributed by atoms with Crippen LogP contribution in [0.5, 0.6) is 0 Å². The molecule has 2 aliphatic rings. The van der Waals surface area contributed by atoms with Crippen LogP contribution in [0.3, 0.4) is 0 Å². The summed E-state index contributed by atoms with van der Waals surface area (Å²) in [7, 11) is 2.07. The van der Waals surface area contributed by atoms with E-state index in [4.69, 9.17) is 9.51 Å². The summed E-state index contributed by atoms with van der Waals surface area (Å²) in [6.07, 6.45) is 4.32. The second-order valence-electron chi connectivity index (χ2n) is 6.02. The molecule has 5 nitrogen and oxygen atoms in total. The summed E-state index contributed by atoms with van der Waals surface area (Å²) in [6, 6.07) is 4.23. The van der Waals surface area contributed by atoms with E-state index in [1.807, 2.05) is 6.20 Å². The fourth-order valence-corrected chi connectivity index (χ4v) is 3.59. The number of aromatic nitrogens is 2. The summed E-state index contributed by atoms with van der Waals surface area (Å²) >= 11 is 1.80. The van der Waals surface area contributed by atoms with Crippen molar-refractivity contribution < 1.29 is 4.52 Å². The van der Waals surface area contributed by atoms with Crippen LogP contribution in [0, 0.1) is 0 Å². The average Bonchev–Trinajstić information content (AvgIpc) is 3.13. The highest BCUT2D eigenvalue weighted by molar-refractivity contribution is 7.99. The van der Waals surface area contributed by atoms with Gasteiger partial charge in [-0.05, 0) is 24.7 Å². The summed E-state index contributed by atoms with van der Waals surface area (Å²) in [4.78, 5) is 12.6. The fourth-order valence-electron chi connectivity index (χ4n) is 2.79. The first-order valence-electron chi connectivity index (χ1n) is 8.12. The molecule has 0 unspecified atom stereocenters. The molecular formula is C17H20N4OS. The van der Waals surface area contributed by atoms with E-state index in [1.54, 1.807) is 11.8 Å². The van der Waals surface area contributed by atoms with Crippen molar-refractivity contribution in [2.75, 3.05) is 25.9 Å². The lowest BCUT2D eigenvalue weighted by molar-refractivity contribution is 0.386. The Morgan fingerprint density at radius 2 is 2.22 bits per heavy atom. The van der Waals surface area contributed by atoms with Crippen molar-refractivity contribution in [1.82, 2.24) is 15.0 Å². The minimum atomic E-state index is 0.578. The van der Waals surface area contributed by atoms with Gasteiger partial charge in [-0.25, -0.2) is 0 Å². The van der Waals surface area contributed by atoms with E-state index < -0.39 is 0 Å². The van der Waals surface area contributed by atoms with E-state index in [2.05, 4.69) is 41.2 Å². The second kappa shape index (κ2) is 6.00. The predicted molar refractivity (Wildman–Crippen MR) is 92.1 cm³/mol. The molecule has 1 aliphatic heterocycles. The van der Waals surface area contributed by atoms with E-state index in [9.17, 15) is 0 Å². The van der Waals surface area contributed by atoms with Gasteiger partial charge in [-0.15, -0.1) is 11.8 Å². The van der Waals surface area contributed by atoms with E-state index in [1.165, 1.54) is 12.8 Å². The van der Waals surface area contributed by atoms with Crippen LogP contribution in [-0.4, -0.2) is 46.8 Å². The zero-order valence-corrected chi connectivity index (χ0v) is 14.3. The smallest absolute Gasteiger partial charge is 0.150 e. The quantitative estimate of drug-likeness (QED) is 0.787. The van der Waals surface area contributed by atoms with Gasteiger partial charge in [-0.1, -0.05) is 12.1 Å². The molecule has 23 heavy (non-hydrogen) atoms. The molecule has 0 atom stereocenters. The van der Waals surface area contributed by atoms with E-state index in [-0.39, 0.29) is 0 Å². The Balaban J connectivity index is 1.69. The van der Waals surface area contributed by atoms with Gasteiger partial charge in [-0.2, -0.15) is 0 Å². The largest absolute Gasteiger partial charge is 0.360 e. The van der Waals surface area contributed by atoms with E-state index in [0.29, 0.717) is 5.92 Å². The molecule has 2 aromatic rings. The van der Waals surface area contributed by atoms with Gasteiger partial charge in [0.15, 0.2) is 5.84 Å². The maximum atomic E-state index is 5.47.